The Morgan fingerprint density at radius 3 is 2.29 bits per heavy atom. The first-order valence-corrected chi connectivity index (χ1v) is 5.81. The maximum atomic E-state index is 12.0. The second-order valence-electron chi connectivity index (χ2n) is 4.77. The van der Waals surface area contributed by atoms with Gasteiger partial charge < -0.3 is 5.11 Å². The van der Waals surface area contributed by atoms with Crippen molar-refractivity contribution >= 4 is 5.78 Å². The summed E-state index contributed by atoms with van der Waals surface area (Å²) in [6, 6.07) is 0. The van der Waals surface area contributed by atoms with Gasteiger partial charge in [-0.3, -0.25) is 4.79 Å². The van der Waals surface area contributed by atoms with Crippen molar-refractivity contribution in [1.29, 1.82) is 0 Å². The van der Waals surface area contributed by atoms with Crippen LogP contribution in [0.1, 0.15) is 46.0 Å². The molecule has 0 saturated heterocycles. The van der Waals surface area contributed by atoms with Gasteiger partial charge in [0.25, 0.3) is 0 Å². The summed E-state index contributed by atoms with van der Waals surface area (Å²) in [5.74, 6) is 0.693. The van der Waals surface area contributed by atoms with Crippen molar-refractivity contribution in [1.82, 2.24) is 0 Å². The van der Waals surface area contributed by atoms with Crippen molar-refractivity contribution in [3.8, 4) is 0 Å². The molecule has 0 aromatic carbocycles. The molecule has 0 aliphatic heterocycles. The van der Waals surface area contributed by atoms with E-state index in [4.69, 9.17) is 0 Å². The lowest BCUT2D eigenvalue weighted by molar-refractivity contribution is -0.130. The fourth-order valence-corrected chi connectivity index (χ4v) is 2.32. The number of carbonyl (C=O) groups excluding carboxylic acids is 1. The van der Waals surface area contributed by atoms with E-state index in [1.54, 1.807) is 0 Å². The summed E-state index contributed by atoms with van der Waals surface area (Å²) in [6.07, 6.45) is 5.73. The third kappa shape index (κ3) is 2.81. The summed E-state index contributed by atoms with van der Waals surface area (Å²) in [7, 11) is 0. The van der Waals surface area contributed by atoms with Crippen LogP contribution in [0.3, 0.4) is 0 Å². The van der Waals surface area contributed by atoms with Crippen molar-refractivity contribution in [2.75, 3.05) is 6.61 Å². The number of aliphatic hydroxyl groups excluding tert-OH is 1. The summed E-state index contributed by atoms with van der Waals surface area (Å²) in [6.45, 7) is 4.05. The summed E-state index contributed by atoms with van der Waals surface area (Å²) in [4.78, 5) is 12.0. The van der Waals surface area contributed by atoms with Crippen LogP contribution >= 0.6 is 0 Å². The molecule has 1 rings (SSSR count). The fourth-order valence-electron chi connectivity index (χ4n) is 2.32. The standard InChI is InChI=1S/C12H22O2/c1-9(2)11(8-13)12(14)10-6-4-3-5-7-10/h9-11,13H,3-8H2,1-2H3. The molecule has 0 heterocycles. The first-order valence-electron chi connectivity index (χ1n) is 5.81. The van der Waals surface area contributed by atoms with Gasteiger partial charge in [0.05, 0.1) is 6.61 Å². The Morgan fingerprint density at radius 1 is 1.29 bits per heavy atom. The Kier molecular flexibility index (Phi) is 4.59. The number of hydrogen-bond donors (Lipinski definition) is 1. The van der Waals surface area contributed by atoms with Gasteiger partial charge in [-0.1, -0.05) is 33.1 Å². The molecule has 2 nitrogen and oxygen atoms in total. The molecule has 1 atom stereocenters. The molecule has 1 unspecified atom stereocenters. The highest BCUT2D eigenvalue weighted by molar-refractivity contribution is 5.83. The molecular weight excluding hydrogens is 176 g/mol. The van der Waals surface area contributed by atoms with E-state index in [-0.39, 0.29) is 24.4 Å². The lowest BCUT2D eigenvalue weighted by Gasteiger charge is -2.26. The van der Waals surface area contributed by atoms with Crippen LogP contribution in [0.2, 0.25) is 0 Å². The van der Waals surface area contributed by atoms with Crippen molar-refractivity contribution < 1.29 is 9.90 Å². The highest BCUT2D eigenvalue weighted by atomic mass is 16.3. The largest absolute Gasteiger partial charge is 0.396 e. The first kappa shape index (κ1) is 11.7. The highest BCUT2D eigenvalue weighted by Crippen LogP contribution is 2.28. The molecule has 1 aliphatic rings. The van der Waals surface area contributed by atoms with Crippen LogP contribution in [0, 0.1) is 17.8 Å². The molecule has 0 bridgehead atoms. The SMILES string of the molecule is CC(C)C(CO)C(=O)C1CCCCC1. The highest BCUT2D eigenvalue weighted by Gasteiger charge is 2.29. The van der Waals surface area contributed by atoms with Crippen molar-refractivity contribution in [3.05, 3.63) is 0 Å². The van der Waals surface area contributed by atoms with Crippen molar-refractivity contribution in [3.63, 3.8) is 0 Å². The number of hydrogen-bond acceptors (Lipinski definition) is 2. The predicted molar refractivity (Wildman–Crippen MR) is 57.0 cm³/mol. The van der Waals surface area contributed by atoms with Gasteiger partial charge >= 0.3 is 0 Å². The molecule has 0 aromatic heterocycles. The minimum absolute atomic E-state index is 0.0208. The van der Waals surface area contributed by atoms with Gasteiger partial charge in [0.15, 0.2) is 0 Å². The van der Waals surface area contributed by atoms with E-state index in [0.29, 0.717) is 5.78 Å². The van der Waals surface area contributed by atoms with Gasteiger partial charge in [-0.25, -0.2) is 0 Å². The van der Waals surface area contributed by atoms with Gasteiger partial charge in [0.1, 0.15) is 5.78 Å². The Balaban J connectivity index is 2.52. The topological polar surface area (TPSA) is 37.3 Å². The number of carbonyl (C=O) groups is 1. The quantitative estimate of drug-likeness (QED) is 0.753. The fraction of sp³-hybridized carbons (Fsp3) is 0.917. The second-order valence-corrected chi connectivity index (χ2v) is 4.77. The predicted octanol–water partition coefficient (Wildman–Crippen LogP) is 2.40. The maximum absolute atomic E-state index is 12.0. The van der Waals surface area contributed by atoms with Crippen LogP contribution in [0.15, 0.2) is 0 Å². The van der Waals surface area contributed by atoms with Gasteiger partial charge in [0, 0.05) is 11.8 Å². The average molecular weight is 198 g/mol. The molecule has 14 heavy (non-hydrogen) atoms. The normalized spacial score (nSPS) is 21.1. The number of rotatable bonds is 4. The van der Waals surface area contributed by atoms with Gasteiger partial charge in [0.2, 0.25) is 0 Å². The third-order valence-corrected chi connectivity index (χ3v) is 3.37. The lowest BCUT2D eigenvalue weighted by Crippen LogP contribution is -2.31. The van der Waals surface area contributed by atoms with E-state index in [1.807, 2.05) is 13.8 Å². The van der Waals surface area contributed by atoms with Crippen LogP contribution in [-0.4, -0.2) is 17.5 Å². The minimum atomic E-state index is -0.127. The zero-order chi connectivity index (χ0) is 10.6. The molecule has 82 valence electrons. The molecular formula is C12H22O2. The van der Waals surface area contributed by atoms with E-state index in [1.165, 1.54) is 19.3 Å². The Bertz CT molecular complexity index is 181. The van der Waals surface area contributed by atoms with E-state index in [0.717, 1.165) is 12.8 Å². The monoisotopic (exact) mass is 198 g/mol. The second kappa shape index (κ2) is 5.50. The molecule has 0 aromatic rings. The zero-order valence-electron chi connectivity index (χ0n) is 9.33. The van der Waals surface area contributed by atoms with Crippen LogP contribution in [0.4, 0.5) is 0 Å². The summed E-state index contributed by atoms with van der Waals surface area (Å²) < 4.78 is 0. The summed E-state index contributed by atoms with van der Waals surface area (Å²) >= 11 is 0. The van der Waals surface area contributed by atoms with Crippen LogP contribution in [0.5, 0.6) is 0 Å². The van der Waals surface area contributed by atoms with Crippen LogP contribution < -0.4 is 0 Å². The van der Waals surface area contributed by atoms with Crippen LogP contribution in [0.25, 0.3) is 0 Å². The Hall–Kier alpha value is -0.370. The van der Waals surface area contributed by atoms with E-state index < -0.39 is 0 Å². The van der Waals surface area contributed by atoms with E-state index in [2.05, 4.69) is 0 Å². The summed E-state index contributed by atoms with van der Waals surface area (Å²) in [5.41, 5.74) is 0. The minimum Gasteiger partial charge on any atom is -0.396 e. The molecule has 0 amide bonds. The molecule has 1 fully saturated rings. The molecule has 0 spiro atoms. The van der Waals surface area contributed by atoms with Gasteiger partial charge in [-0.05, 0) is 18.8 Å². The smallest absolute Gasteiger partial charge is 0.141 e. The molecule has 1 N–H and O–H groups in total. The number of Topliss-reactive ketones (excluding diaryl/α,β-unsaturated/α-hetero) is 1. The Morgan fingerprint density at radius 2 is 1.86 bits per heavy atom. The summed E-state index contributed by atoms with van der Waals surface area (Å²) in [5, 5.41) is 9.18. The molecule has 0 radical (unpaired) electrons. The van der Waals surface area contributed by atoms with E-state index in [9.17, 15) is 9.90 Å². The third-order valence-electron chi connectivity index (χ3n) is 3.37. The molecule has 2 heteroatoms. The maximum Gasteiger partial charge on any atom is 0.141 e. The first-order chi connectivity index (χ1) is 6.66. The van der Waals surface area contributed by atoms with Gasteiger partial charge in [-0.15, -0.1) is 0 Å². The molecule has 1 saturated carbocycles. The number of aliphatic hydroxyl groups is 1. The Labute approximate surface area is 86.7 Å². The van der Waals surface area contributed by atoms with E-state index >= 15 is 0 Å². The lowest BCUT2D eigenvalue weighted by atomic mass is 9.78. The van der Waals surface area contributed by atoms with Crippen molar-refractivity contribution in [2.45, 2.75) is 46.0 Å². The number of ketones is 1. The van der Waals surface area contributed by atoms with Gasteiger partial charge in [-0.2, -0.15) is 0 Å². The van der Waals surface area contributed by atoms with Crippen molar-refractivity contribution in [2.24, 2.45) is 17.8 Å². The van der Waals surface area contributed by atoms with Crippen LogP contribution in [-0.2, 0) is 4.79 Å². The average Bonchev–Trinajstić information content (AvgIpc) is 2.19. The zero-order valence-corrected chi connectivity index (χ0v) is 9.33. The molecule has 1 aliphatic carbocycles.